The Labute approximate surface area is 119 Å². The molecule has 0 aliphatic carbocycles. The number of nitrogens with one attached hydrogen (secondary N) is 1. The maximum Gasteiger partial charge on any atom is 0.332 e. The minimum atomic E-state index is -1.54. The number of fused-ring (bicyclic) bond motifs is 1. The number of hydrogen-bond acceptors (Lipinski definition) is 4. The molecule has 0 aliphatic rings. The summed E-state index contributed by atoms with van der Waals surface area (Å²) in [7, 11) is 0. The van der Waals surface area contributed by atoms with Crippen LogP contribution in [0.4, 0.5) is 4.39 Å². The van der Waals surface area contributed by atoms with Crippen molar-refractivity contribution in [1.29, 1.82) is 0 Å². The van der Waals surface area contributed by atoms with Gasteiger partial charge in [0, 0.05) is 23.9 Å². The smallest absolute Gasteiger partial charge is 0.332 e. The molecule has 0 radical (unpaired) electrons. The third-order valence-corrected chi connectivity index (χ3v) is 3.11. The second kappa shape index (κ2) is 5.92. The lowest BCUT2D eigenvalue weighted by molar-refractivity contribution is -0.146. The first kappa shape index (κ1) is 15.0. The summed E-state index contributed by atoms with van der Waals surface area (Å²) in [6.45, 7) is 1.59. The third-order valence-electron chi connectivity index (χ3n) is 3.11. The van der Waals surface area contributed by atoms with E-state index in [2.05, 4.69) is 5.32 Å². The van der Waals surface area contributed by atoms with Crippen LogP contribution in [0.1, 0.15) is 22.5 Å². The van der Waals surface area contributed by atoms with Crippen LogP contribution in [0.3, 0.4) is 0 Å². The van der Waals surface area contributed by atoms with Crippen LogP contribution >= 0.6 is 0 Å². The van der Waals surface area contributed by atoms with Crippen LogP contribution in [0, 0.1) is 12.7 Å². The number of aryl methyl sites for hydroxylation is 1. The first-order valence-corrected chi connectivity index (χ1v) is 6.28. The molecule has 0 spiro atoms. The molecule has 0 fully saturated rings. The average Bonchev–Trinajstić information content (AvgIpc) is 2.77. The van der Waals surface area contributed by atoms with Gasteiger partial charge in [-0.1, -0.05) is 12.1 Å². The van der Waals surface area contributed by atoms with E-state index in [-0.39, 0.29) is 24.3 Å². The molecule has 1 atom stereocenters. The number of aliphatic hydroxyl groups excluding tert-OH is 1. The first-order chi connectivity index (χ1) is 9.91. The Balaban J connectivity index is 2.11. The number of carboxylic acid groups (broad SMARTS) is 1. The lowest BCUT2D eigenvalue weighted by Crippen LogP contribution is -2.30. The predicted octanol–water partition coefficient (Wildman–Crippen LogP) is 1.45. The summed E-state index contributed by atoms with van der Waals surface area (Å²) in [5.74, 6) is -2.53. The van der Waals surface area contributed by atoms with E-state index in [9.17, 15) is 14.0 Å². The number of rotatable bonds is 5. The van der Waals surface area contributed by atoms with E-state index in [1.54, 1.807) is 13.0 Å². The summed E-state index contributed by atoms with van der Waals surface area (Å²) < 4.78 is 18.8. The zero-order valence-electron chi connectivity index (χ0n) is 11.2. The number of furan rings is 1. The van der Waals surface area contributed by atoms with E-state index in [1.165, 1.54) is 12.1 Å². The molecule has 2 aromatic rings. The Kier molecular flexibility index (Phi) is 4.23. The summed E-state index contributed by atoms with van der Waals surface area (Å²) >= 11 is 0. The van der Waals surface area contributed by atoms with Crippen molar-refractivity contribution in [1.82, 2.24) is 5.32 Å². The van der Waals surface area contributed by atoms with Crippen molar-refractivity contribution in [3.63, 3.8) is 0 Å². The maximum absolute atomic E-state index is 13.6. The Morgan fingerprint density at radius 3 is 2.76 bits per heavy atom. The van der Waals surface area contributed by atoms with E-state index in [4.69, 9.17) is 14.6 Å². The van der Waals surface area contributed by atoms with Crippen LogP contribution in [0.25, 0.3) is 11.0 Å². The molecular weight excluding hydrogens is 281 g/mol. The van der Waals surface area contributed by atoms with Gasteiger partial charge in [-0.25, -0.2) is 9.18 Å². The number of aliphatic carboxylic acids is 1. The summed E-state index contributed by atoms with van der Waals surface area (Å²) in [6, 6.07) is 4.39. The standard InChI is InChI=1S/C14H14FNO5/c1-7-8-3-2-4-9(15)12(8)21-11(7)13(18)16-6-5-10(17)14(19)20/h2-4,10,17H,5-6H2,1H3,(H,16,18)(H,19,20)/t10-/m0/s1. The molecule has 7 heteroatoms. The Hall–Kier alpha value is -2.41. The number of amides is 1. The molecule has 2 rings (SSSR count). The second-order valence-corrected chi connectivity index (χ2v) is 4.57. The quantitative estimate of drug-likeness (QED) is 0.775. The van der Waals surface area contributed by atoms with Crippen molar-refractivity contribution >= 4 is 22.8 Å². The van der Waals surface area contributed by atoms with E-state index in [0.717, 1.165) is 0 Å². The summed E-state index contributed by atoms with van der Waals surface area (Å²) in [4.78, 5) is 22.4. The van der Waals surface area contributed by atoms with E-state index in [0.29, 0.717) is 10.9 Å². The average molecular weight is 295 g/mol. The normalized spacial score (nSPS) is 12.3. The van der Waals surface area contributed by atoms with Crippen LogP contribution in [-0.4, -0.2) is 34.7 Å². The van der Waals surface area contributed by atoms with E-state index in [1.807, 2.05) is 0 Å². The number of carbonyl (C=O) groups is 2. The first-order valence-electron chi connectivity index (χ1n) is 6.28. The topological polar surface area (TPSA) is 99.8 Å². The van der Waals surface area contributed by atoms with Gasteiger partial charge < -0.3 is 19.9 Å². The number of carbonyl (C=O) groups excluding carboxylic acids is 1. The van der Waals surface area contributed by atoms with Crippen LogP contribution in [0.15, 0.2) is 22.6 Å². The fraction of sp³-hybridized carbons (Fsp3) is 0.286. The highest BCUT2D eigenvalue weighted by molar-refractivity contribution is 5.99. The minimum Gasteiger partial charge on any atom is -0.479 e. The predicted molar refractivity (Wildman–Crippen MR) is 71.5 cm³/mol. The van der Waals surface area contributed by atoms with Crippen LogP contribution in [0.5, 0.6) is 0 Å². The molecule has 0 unspecified atom stereocenters. The van der Waals surface area contributed by atoms with E-state index < -0.39 is 23.8 Å². The maximum atomic E-state index is 13.6. The zero-order chi connectivity index (χ0) is 15.6. The molecule has 0 saturated carbocycles. The highest BCUT2D eigenvalue weighted by Crippen LogP contribution is 2.27. The fourth-order valence-corrected chi connectivity index (χ4v) is 1.95. The Morgan fingerprint density at radius 2 is 2.14 bits per heavy atom. The van der Waals surface area contributed by atoms with Gasteiger partial charge in [0.2, 0.25) is 0 Å². The number of aliphatic hydroxyl groups is 1. The summed E-state index contributed by atoms with van der Waals surface area (Å²) in [5, 5.41) is 20.5. The molecule has 0 aliphatic heterocycles. The van der Waals surface area contributed by atoms with Gasteiger partial charge in [-0.05, 0) is 13.0 Å². The summed E-state index contributed by atoms with van der Waals surface area (Å²) in [5.41, 5.74) is 0.506. The van der Waals surface area contributed by atoms with Gasteiger partial charge in [0.05, 0.1) is 0 Å². The van der Waals surface area contributed by atoms with Crippen molar-refractivity contribution in [2.24, 2.45) is 0 Å². The molecule has 1 heterocycles. The van der Waals surface area contributed by atoms with Gasteiger partial charge >= 0.3 is 5.97 Å². The monoisotopic (exact) mass is 295 g/mol. The SMILES string of the molecule is Cc1c(C(=O)NCC[C@H](O)C(=O)O)oc2c(F)cccc12. The molecule has 0 bridgehead atoms. The molecule has 3 N–H and O–H groups in total. The highest BCUT2D eigenvalue weighted by Gasteiger charge is 2.20. The van der Waals surface area contributed by atoms with Crippen molar-refractivity contribution < 1.29 is 28.6 Å². The highest BCUT2D eigenvalue weighted by atomic mass is 19.1. The largest absolute Gasteiger partial charge is 0.479 e. The van der Waals surface area contributed by atoms with Gasteiger partial charge in [-0.3, -0.25) is 4.79 Å². The van der Waals surface area contributed by atoms with Gasteiger partial charge in [-0.2, -0.15) is 0 Å². The number of para-hydroxylation sites is 1. The molecule has 1 aromatic heterocycles. The molecule has 0 saturated heterocycles. The van der Waals surface area contributed by atoms with Crippen molar-refractivity contribution in [2.75, 3.05) is 6.54 Å². The lowest BCUT2D eigenvalue weighted by Gasteiger charge is -2.06. The van der Waals surface area contributed by atoms with Crippen LogP contribution in [0.2, 0.25) is 0 Å². The molecule has 6 nitrogen and oxygen atoms in total. The van der Waals surface area contributed by atoms with Gasteiger partial charge in [0.15, 0.2) is 23.3 Å². The zero-order valence-corrected chi connectivity index (χ0v) is 11.2. The summed E-state index contributed by atoms with van der Waals surface area (Å²) in [6.07, 6.45) is -1.67. The lowest BCUT2D eigenvalue weighted by atomic mass is 10.1. The van der Waals surface area contributed by atoms with Gasteiger partial charge in [0.1, 0.15) is 0 Å². The molecular formula is C14H14FNO5. The van der Waals surface area contributed by atoms with Gasteiger partial charge in [-0.15, -0.1) is 0 Å². The Bertz CT molecular complexity index is 694. The fourth-order valence-electron chi connectivity index (χ4n) is 1.95. The van der Waals surface area contributed by atoms with Crippen molar-refractivity contribution in [3.8, 4) is 0 Å². The van der Waals surface area contributed by atoms with E-state index >= 15 is 0 Å². The molecule has 1 amide bonds. The Morgan fingerprint density at radius 1 is 1.43 bits per heavy atom. The number of halogens is 1. The molecule has 21 heavy (non-hydrogen) atoms. The van der Waals surface area contributed by atoms with Crippen molar-refractivity contribution in [2.45, 2.75) is 19.4 Å². The number of carboxylic acids is 1. The number of benzene rings is 1. The number of hydrogen-bond donors (Lipinski definition) is 3. The third kappa shape index (κ3) is 3.03. The van der Waals surface area contributed by atoms with Crippen molar-refractivity contribution in [3.05, 3.63) is 35.3 Å². The van der Waals surface area contributed by atoms with Crippen LogP contribution in [-0.2, 0) is 4.79 Å². The van der Waals surface area contributed by atoms with Gasteiger partial charge in [0.25, 0.3) is 5.91 Å². The molecule has 112 valence electrons. The minimum absolute atomic E-state index is 0.00530. The molecule has 1 aromatic carbocycles. The van der Waals surface area contributed by atoms with Crippen LogP contribution < -0.4 is 5.32 Å². The second-order valence-electron chi connectivity index (χ2n) is 4.57.